The summed E-state index contributed by atoms with van der Waals surface area (Å²) in [4.78, 5) is 0. The van der Waals surface area contributed by atoms with Crippen LogP contribution in [0.4, 0.5) is 5.69 Å². The molecule has 312 valence electrons. The molecule has 3 aliphatic rings. The molecule has 0 bridgehead atoms. The smallest absolute Gasteiger partial charge is 0.105 e. The first-order valence-corrected chi connectivity index (χ1v) is 22.5. The molecule has 3 N–H and O–H groups in total. The van der Waals surface area contributed by atoms with E-state index in [1.54, 1.807) is 0 Å². The van der Waals surface area contributed by atoms with Crippen LogP contribution in [0.2, 0.25) is 0 Å². The highest BCUT2D eigenvalue weighted by Crippen LogP contribution is 2.45. The topological polar surface area (TPSA) is 85.6 Å². The van der Waals surface area contributed by atoms with Gasteiger partial charge in [-0.2, -0.15) is 10.5 Å². The minimum absolute atomic E-state index is 0.0427. The molecule has 0 fully saturated rings. The van der Waals surface area contributed by atoms with Crippen LogP contribution in [0.5, 0.6) is 0 Å². The van der Waals surface area contributed by atoms with Crippen LogP contribution < -0.4 is 11.1 Å². The van der Waals surface area contributed by atoms with Crippen molar-refractivity contribution in [1.82, 2.24) is 0 Å². The normalized spacial score (nSPS) is 16.3. The highest BCUT2D eigenvalue weighted by molar-refractivity contribution is 5.93. The van der Waals surface area contributed by atoms with E-state index in [9.17, 15) is 10.5 Å². The summed E-state index contributed by atoms with van der Waals surface area (Å²) in [6.07, 6.45) is 18.5. The molecule has 64 heavy (non-hydrogen) atoms. The van der Waals surface area contributed by atoms with Gasteiger partial charge in [0, 0.05) is 17.2 Å². The van der Waals surface area contributed by atoms with Crippen molar-refractivity contribution >= 4 is 16.8 Å². The highest BCUT2D eigenvalue weighted by atomic mass is 15.1. The van der Waals surface area contributed by atoms with Gasteiger partial charge in [-0.3, -0.25) is 0 Å². The molecule has 6 aromatic carbocycles. The van der Waals surface area contributed by atoms with Crippen LogP contribution in [0, 0.1) is 22.7 Å². The van der Waals surface area contributed by atoms with E-state index < -0.39 is 5.66 Å². The Morgan fingerprint density at radius 2 is 1.31 bits per heavy atom. The maximum Gasteiger partial charge on any atom is 0.105 e. The third-order valence-electron chi connectivity index (χ3n) is 13.2. The Morgan fingerprint density at radius 3 is 2.03 bits per heavy atom. The molecule has 9 rings (SSSR count). The van der Waals surface area contributed by atoms with Gasteiger partial charge in [-0.15, -0.1) is 0 Å². The maximum atomic E-state index is 9.90. The van der Waals surface area contributed by atoms with E-state index in [4.69, 9.17) is 5.73 Å². The van der Waals surface area contributed by atoms with Gasteiger partial charge < -0.3 is 11.1 Å². The predicted molar refractivity (Wildman–Crippen MR) is 266 cm³/mol. The van der Waals surface area contributed by atoms with Gasteiger partial charge in [0.05, 0.1) is 23.3 Å². The zero-order chi connectivity index (χ0) is 44.0. The van der Waals surface area contributed by atoms with Gasteiger partial charge in [0.2, 0.25) is 0 Å². The minimum atomic E-state index is -0.898. The van der Waals surface area contributed by atoms with Crippen molar-refractivity contribution in [2.24, 2.45) is 5.73 Å². The van der Waals surface area contributed by atoms with Crippen LogP contribution in [0.3, 0.4) is 0 Å². The summed E-state index contributed by atoms with van der Waals surface area (Å²) in [6.45, 7) is 4.38. The summed E-state index contributed by atoms with van der Waals surface area (Å²) in [6, 6.07) is 56.1. The molecular formula is C60H52N4. The zero-order valence-electron chi connectivity index (χ0n) is 36.6. The lowest BCUT2D eigenvalue weighted by Crippen LogP contribution is -2.47. The van der Waals surface area contributed by atoms with Crippen molar-refractivity contribution in [2.45, 2.75) is 64.0 Å². The third-order valence-corrected chi connectivity index (χ3v) is 13.2. The van der Waals surface area contributed by atoms with Crippen LogP contribution in [0.15, 0.2) is 204 Å². The highest BCUT2D eigenvalue weighted by Gasteiger charge is 2.30. The Kier molecular flexibility index (Phi) is 12.1. The molecule has 6 aromatic rings. The molecule has 4 heteroatoms. The number of rotatable bonds is 11. The van der Waals surface area contributed by atoms with E-state index in [0.29, 0.717) is 5.56 Å². The number of hydrogen-bond donors (Lipinski definition) is 2. The molecule has 0 saturated heterocycles. The average Bonchev–Trinajstić information content (AvgIpc) is 3.36. The van der Waals surface area contributed by atoms with E-state index >= 15 is 0 Å². The molecule has 3 aliphatic carbocycles. The Balaban J connectivity index is 1.21. The second kappa shape index (κ2) is 18.5. The van der Waals surface area contributed by atoms with E-state index in [0.717, 1.165) is 99.9 Å². The van der Waals surface area contributed by atoms with Crippen LogP contribution >= 0.6 is 0 Å². The van der Waals surface area contributed by atoms with E-state index in [2.05, 4.69) is 183 Å². The SMILES string of the molecule is CC(c1ccc(-c2ccccc2C#N)cc1)c1cc(-c2cccc(-c3ccccc3)c2)cc(C2=CCCC(c3ccccc3)=C2)c1NC(C)(N)C1=CC=C(C2=C(C#N)C=CCC2)CC1. The summed E-state index contributed by atoms with van der Waals surface area (Å²) in [5.41, 5.74) is 26.3. The summed E-state index contributed by atoms with van der Waals surface area (Å²) in [5, 5.41) is 23.8. The molecule has 0 spiro atoms. The predicted octanol–water partition coefficient (Wildman–Crippen LogP) is 14.9. The molecule has 0 aliphatic heterocycles. The Morgan fingerprint density at radius 1 is 0.609 bits per heavy atom. The molecule has 0 heterocycles. The van der Waals surface area contributed by atoms with Gasteiger partial charge in [0.15, 0.2) is 0 Å². The first-order chi connectivity index (χ1) is 31.3. The molecule has 2 unspecified atom stereocenters. The van der Waals surface area contributed by atoms with E-state index in [1.807, 2.05) is 30.3 Å². The molecule has 0 amide bonds. The lowest BCUT2D eigenvalue weighted by Gasteiger charge is -2.36. The Labute approximate surface area is 378 Å². The van der Waals surface area contributed by atoms with Gasteiger partial charge in [0.25, 0.3) is 0 Å². The fourth-order valence-electron chi connectivity index (χ4n) is 9.55. The molecule has 0 radical (unpaired) electrons. The quantitative estimate of drug-likeness (QED) is 0.127. The summed E-state index contributed by atoms with van der Waals surface area (Å²) >= 11 is 0. The molecule has 0 saturated carbocycles. The number of benzene rings is 6. The number of nitrogens with two attached hydrogens (primary N) is 1. The van der Waals surface area contributed by atoms with Crippen molar-refractivity contribution in [2.75, 3.05) is 5.32 Å². The summed E-state index contributed by atoms with van der Waals surface area (Å²) in [5.74, 6) is -0.0427. The Hall–Kier alpha value is -7.50. The van der Waals surface area contributed by atoms with Crippen molar-refractivity contribution in [3.05, 3.63) is 232 Å². The first-order valence-electron chi connectivity index (χ1n) is 22.5. The summed E-state index contributed by atoms with van der Waals surface area (Å²) in [7, 11) is 0. The number of anilines is 1. The van der Waals surface area contributed by atoms with Gasteiger partial charge in [0.1, 0.15) is 5.66 Å². The number of nitrogens with one attached hydrogen (secondary N) is 1. The Bertz CT molecular complexity index is 3000. The summed E-state index contributed by atoms with van der Waals surface area (Å²) < 4.78 is 0. The molecular weight excluding hydrogens is 777 g/mol. The average molecular weight is 829 g/mol. The van der Waals surface area contributed by atoms with Gasteiger partial charge >= 0.3 is 0 Å². The van der Waals surface area contributed by atoms with Crippen molar-refractivity contribution in [3.63, 3.8) is 0 Å². The van der Waals surface area contributed by atoms with Gasteiger partial charge in [-0.1, -0.05) is 159 Å². The van der Waals surface area contributed by atoms with E-state index in [-0.39, 0.29) is 5.92 Å². The fourth-order valence-corrected chi connectivity index (χ4v) is 9.55. The lowest BCUT2D eigenvalue weighted by molar-refractivity contribution is 0.591. The third kappa shape index (κ3) is 8.75. The van der Waals surface area contributed by atoms with Crippen LogP contribution in [-0.4, -0.2) is 5.66 Å². The number of allylic oxidation sites excluding steroid dienone is 11. The van der Waals surface area contributed by atoms with Gasteiger partial charge in [-0.25, -0.2) is 0 Å². The maximum absolute atomic E-state index is 9.90. The van der Waals surface area contributed by atoms with E-state index in [1.165, 1.54) is 33.4 Å². The van der Waals surface area contributed by atoms with Crippen LogP contribution in [0.1, 0.15) is 86.1 Å². The largest absolute Gasteiger partial charge is 0.363 e. The fraction of sp³-hybridized carbons (Fsp3) is 0.167. The van der Waals surface area contributed by atoms with Crippen LogP contribution in [-0.2, 0) is 0 Å². The standard InChI is InChI=1S/C60H52N4/c1-41(42-27-29-45(30-28-42)55-25-11-9-19-51(55)39-61)57-37-53(49-23-13-21-47(35-49)43-15-5-3-6-16-43)38-58(50-24-14-22-48(36-50)44-17-7-4-8-18-44)59(57)64-60(2,63)54-33-31-46(32-34-54)56-26-12-10-20-52(56)40-62/h3-11,13,15-21,23-25,27-31,33,35-38,41,64H,12,14,22,26,32,34,63H2,1-2H3. The van der Waals surface area contributed by atoms with Crippen molar-refractivity contribution in [3.8, 4) is 45.5 Å². The molecule has 0 aromatic heterocycles. The second-order valence-electron chi connectivity index (χ2n) is 17.3. The van der Waals surface area contributed by atoms with Crippen LogP contribution in [0.25, 0.3) is 44.5 Å². The zero-order valence-corrected chi connectivity index (χ0v) is 36.6. The number of nitriles is 2. The number of hydrogen-bond acceptors (Lipinski definition) is 4. The van der Waals surface area contributed by atoms with Crippen molar-refractivity contribution < 1.29 is 0 Å². The van der Waals surface area contributed by atoms with Crippen molar-refractivity contribution in [1.29, 1.82) is 10.5 Å². The molecule has 2 atom stereocenters. The minimum Gasteiger partial charge on any atom is -0.363 e. The number of nitrogens with zero attached hydrogens (tertiary/aromatic N) is 2. The lowest BCUT2D eigenvalue weighted by atomic mass is 9.81. The first kappa shape index (κ1) is 41.8. The monoisotopic (exact) mass is 828 g/mol. The van der Waals surface area contributed by atoms with Gasteiger partial charge in [-0.05, 0) is 154 Å². The second-order valence-corrected chi connectivity index (χ2v) is 17.3. The molecule has 4 nitrogen and oxygen atoms in total.